The van der Waals surface area contributed by atoms with Crippen LogP contribution in [0.4, 0.5) is 0 Å². The lowest BCUT2D eigenvalue weighted by atomic mass is 10.2. The van der Waals surface area contributed by atoms with Crippen LogP contribution in [0.5, 0.6) is 11.5 Å². The fraction of sp³-hybridized carbons (Fsp3) is 0.0667. The number of H-pyrrole nitrogens is 1. The van der Waals surface area contributed by atoms with Gasteiger partial charge in [-0.25, -0.2) is 4.98 Å². The molecule has 21 heavy (non-hydrogen) atoms. The molecular formula is C15H12ClN3O2. The van der Waals surface area contributed by atoms with Crippen LogP contribution >= 0.6 is 11.6 Å². The number of aromatic nitrogens is 3. The maximum Gasteiger partial charge on any atom is 0.181 e. The summed E-state index contributed by atoms with van der Waals surface area (Å²) in [6, 6.07) is 12.3. The third-order valence-electron chi connectivity index (χ3n) is 3.05. The van der Waals surface area contributed by atoms with Crippen molar-refractivity contribution in [2.75, 3.05) is 7.11 Å². The van der Waals surface area contributed by atoms with E-state index in [0.29, 0.717) is 22.4 Å². The van der Waals surface area contributed by atoms with Crippen LogP contribution < -0.4 is 4.74 Å². The molecule has 2 aromatic carbocycles. The monoisotopic (exact) mass is 301 g/mol. The molecule has 1 aromatic heterocycles. The average Bonchev–Trinajstić information content (AvgIpc) is 2.98. The van der Waals surface area contributed by atoms with Crippen LogP contribution in [0.25, 0.3) is 22.8 Å². The fourth-order valence-corrected chi connectivity index (χ4v) is 2.21. The smallest absolute Gasteiger partial charge is 0.181 e. The number of halogens is 1. The number of benzene rings is 2. The number of nitrogens with one attached hydrogen (secondary N) is 1. The first-order chi connectivity index (χ1) is 10.2. The topological polar surface area (TPSA) is 71.0 Å². The Hall–Kier alpha value is -2.53. The van der Waals surface area contributed by atoms with Crippen molar-refractivity contribution in [2.24, 2.45) is 0 Å². The molecule has 0 saturated carbocycles. The number of hydrogen-bond donors (Lipinski definition) is 2. The highest BCUT2D eigenvalue weighted by Crippen LogP contribution is 2.31. The van der Waals surface area contributed by atoms with E-state index in [1.165, 1.54) is 7.11 Å². The summed E-state index contributed by atoms with van der Waals surface area (Å²) in [5, 5.41) is 17.3. The van der Waals surface area contributed by atoms with Crippen molar-refractivity contribution in [2.45, 2.75) is 0 Å². The van der Waals surface area contributed by atoms with Crippen LogP contribution in [0, 0.1) is 0 Å². The van der Waals surface area contributed by atoms with Crippen molar-refractivity contribution in [3.05, 3.63) is 47.5 Å². The standard InChI is InChI=1S/C15H12ClN3O2/c1-21-13-8-9(6-7-12(13)20)14-17-15(19-18-14)10-4-2-3-5-11(10)16/h2-8,20H,1H3,(H,17,18,19). The van der Waals surface area contributed by atoms with Gasteiger partial charge in [0.15, 0.2) is 23.1 Å². The summed E-state index contributed by atoms with van der Waals surface area (Å²) in [5.74, 6) is 1.53. The van der Waals surface area contributed by atoms with Crippen LogP contribution in [-0.2, 0) is 0 Å². The molecule has 0 radical (unpaired) electrons. The summed E-state index contributed by atoms with van der Waals surface area (Å²) in [7, 11) is 1.49. The number of methoxy groups -OCH3 is 1. The molecule has 0 fully saturated rings. The van der Waals surface area contributed by atoms with Crippen LogP contribution in [0.1, 0.15) is 0 Å². The molecule has 5 nitrogen and oxygen atoms in total. The van der Waals surface area contributed by atoms with Gasteiger partial charge in [-0.2, -0.15) is 5.10 Å². The first kappa shape index (κ1) is 13.5. The Morgan fingerprint density at radius 3 is 2.76 bits per heavy atom. The number of ether oxygens (including phenoxy) is 1. The molecule has 3 aromatic rings. The Bertz CT molecular complexity index is 786. The van der Waals surface area contributed by atoms with Crippen molar-refractivity contribution in [1.29, 1.82) is 0 Å². The lowest BCUT2D eigenvalue weighted by Gasteiger charge is -2.03. The van der Waals surface area contributed by atoms with Gasteiger partial charge in [0.1, 0.15) is 0 Å². The minimum atomic E-state index is 0.0723. The summed E-state index contributed by atoms with van der Waals surface area (Å²) >= 11 is 6.14. The van der Waals surface area contributed by atoms with Gasteiger partial charge in [-0.05, 0) is 30.3 Å². The number of rotatable bonds is 3. The second-order valence-corrected chi connectivity index (χ2v) is 4.78. The Labute approximate surface area is 126 Å². The lowest BCUT2D eigenvalue weighted by Crippen LogP contribution is -1.86. The molecule has 0 unspecified atom stereocenters. The molecule has 0 atom stereocenters. The van der Waals surface area contributed by atoms with Crippen LogP contribution in [0.3, 0.4) is 0 Å². The van der Waals surface area contributed by atoms with E-state index in [1.54, 1.807) is 24.3 Å². The van der Waals surface area contributed by atoms with Crippen LogP contribution in [0.15, 0.2) is 42.5 Å². The largest absolute Gasteiger partial charge is 0.504 e. The van der Waals surface area contributed by atoms with E-state index in [1.807, 2.05) is 18.2 Å². The highest BCUT2D eigenvalue weighted by Gasteiger charge is 2.12. The molecular weight excluding hydrogens is 290 g/mol. The first-order valence-corrected chi connectivity index (χ1v) is 6.61. The molecule has 0 amide bonds. The quantitative estimate of drug-likeness (QED) is 0.776. The maximum absolute atomic E-state index is 9.61. The normalized spacial score (nSPS) is 10.6. The van der Waals surface area contributed by atoms with E-state index in [2.05, 4.69) is 15.2 Å². The molecule has 0 aliphatic rings. The van der Waals surface area contributed by atoms with E-state index in [9.17, 15) is 5.11 Å². The Morgan fingerprint density at radius 2 is 2.00 bits per heavy atom. The summed E-state index contributed by atoms with van der Waals surface area (Å²) < 4.78 is 5.08. The lowest BCUT2D eigenvalue weighted by molar-refractivity contribution is 0.373. The zero-order valence-electron chi connectivity index (χ0n) is 11.2. The molecule has 0 aliphatic carbocycles. The molecule has 1 heterocycles. The van der Waals surface area contributed by atoms with Gasteiger partial charge in [-0.1, -0.05) is 23.7 Å². The molecule has 2 N–H and O–H groups in total. The Morgan fingerprint density at radius 1 is 1.19 bits per heavy atom. The van der Waals surface area contributed by atoms with Gasteiger partial charge in [0.05, 0.1) is 12.1 Å². The van der Waals surface area contributed by atoms with E-state index < -0.39 is 0 Å². The summed E-state index contributed by atoms with van der Waals surface area (Å²) in [6.07, 6.45) is 0. The molecule has 3 rings (SSSR count). The van der Waals surface area contributed by atoms with Crippen molar-refractivity contribution in [3.63, 3.8) is 0 Å². The van der Waals surface area contributed by atoms with Crippen LogP contribution in [0.2, 0.25) is 5.02 Å². The minimum Gasteiger partial charge on any atom is -0.504 e. The number of aromatic hydroxyl groups is 1. The summed E-state index contributed by atoms with van der Waals surface area (Å²) in [5.41, 5.74) is 1.52. The van der Waals surface area contributed by atoms with Crippen molar-refractivity contribution in [3.8, 4) is 34.3 Å². The molecule has 106 valence electrons. The minimum absolute atomic E-state index is 0.0723. The number of nitrogens with zero attached hydrogens (tertiary/aromatic N) is 2. The van der Waals surface area contributed by atoms with Crippen molar-refractivity contribution < 1.29 is 9.84 Å². The second-order valence-electron chi connectivity index (χ2n) is 4.37. The molecule has 0 aliphatic heterocycles. The number of hydrogen-bond acceptors (Lipinski definition) is 4. The van der Waals surface area contributed by atoms with E-state index in [-0.39, 0.29) is 5.75 Å². The van der Waals surface area contributed by atoms with Crippen LogP contribution in [-0.4, -0.2) is 27.4 Å². The predicted molar refractivity (Wildman–Crippen MR) is 80.5 cm³/mol. The third kappa shape index (κ3) is 2.55. The molecule has 0 spiro atoms. The zero-order chi connectivity index (χ0) is 14.8. The zero-order valence-corrected chi connectivity index (χ0v) is 11.9. The average molecular weight is 302 g/mol. The second kappa shape index (κ2) is 5.46. The first-order valence-electron chi connectivity index (χ1n) is 6.23. The molecule has 0 saturated heterocycles. The highest BCUT2D eigenvalue weighted by molar-refractivity contribution is 6.33. The van der Waals surface area contributed by atoms with E-state index >= 15 is 0 Å². The van der Waals surface area contributed by atoms with Crippen molar-refractivity contribution >= 4 is 11.6 Å². The summed E-state index contributed by atoms with van der Waals surface area (Å²) in [6.45, 7) is 0. The van der Waals surface area contributed by atoms with Crippen molar-refractivity contribution in [1.82, 2.24) is 15.2 Å². The predicted octanol–water partition coefficient (Wildman–Crippen LogP) is 3.51. The molecule has 0 bridgehead atoms. The number of phenols is 1. The van der Waals surface area contributed by atoms with Gasteiger partial charge < -0.3 is 9.84 Å². The fourth-order valence-electron chi connectivity index (χ4n) is 1.98. The van der Waals surface area contributed by atoms with Gasteiger partial charge in [0.2, 0.25) is 0 Å². The van der Waals surface area contributed by atoms with Gasteiger partial charge in [0.25, 0.3) is 0 Å². The Balaban J connectivity index is 2.01. The highest BCUT2D eigenvalue weighted by atomic mass is 35.5. The van der Waals surface area contributed by atoms with Gasteiger partial charge in [-0.3, -0.25) is 5.10 Å². The molecule has 6 heteroatoms. The van der Waals surface area contributed by atoms with Gasteiger partial charge in [-0.15, -0.1) is 0 Å². The number of aromatic amines is 1. The summed E-state index contributed by atoms with van der Waals surface area (Å²) in [4.78, 5) is 4.43. The maximum atomic E-state index is 9.61. The Kier molecular flexibility index (Phi) is 3.50. The number of phenolic OH excluding ortho intramolecular Hbond substituents is 1. The third-order valence-corrected chi connectivity index (χ3v) is 3.38. The van der Waals surface area contributed by atoms with E-state index in [0.717, 1.165) is 11.1 Å². The van der Waals surface area contributed by atoms with Gasteiger partial charge in [0, 0.05) is 11.1 Å². The van der Waals surface area contributed by atoms with Gasteiger partial charge >= 0.3 is 0 Å². The SMILES string of the molecule is COc1cc(-c2n[nH]c(-c3ccccc3Cl)n2)ccc1O. The van der Waals surface area contributed by atoms with E-state index in [4.69, 9.17) is 16.3 Å².